The summed E-state index contributed by atoms with van der Waals surface area (Å²) in [6.45, 7) is -0.544. The van der Waals surface area contributed by atoms with Crippen LogP contribution in [0.3, 0.4) is 0 Å². The van der Waals surface area contributed by atoms with Gasteiger partial charge in [-0.3, -0.25) is 4.79 Å². The Morgan fingerprint density at radius 1 is 1.12 bits per heavy atom. The molecule has 0 bridgehead atoms. The second-order valence-corrected chi connectivity index (χ2v) is 7.42. The van der Waals surface area contributed by atoms with Crippen LogP contribution in [0, 0.1) is 0 Å². The van der Waals surface area contributed by atoms with Crippen LogP contribution < -0.4 is 10.1 Å². The van der Waals surface area contributed by atoms with Gasteiger partial charge in [0.25, 0.3) is 5.91 Å². The smallest absolute Gasteiger partial charge is 0.344 e. The highest BCUT2D eigenvalue weighted by Crippen LogP contribution is 2.27. The van der Waals surface area contributed by atoms with Crippen molar-refractivity contribution in [2.24, 2.45) is 0 Å². The summed E-state index contributed by atoms with van der Waals surface area (Å²) in [6.07, 6.45) is 7.98. The SMILES string of the molecule is O=C(COC(=O)COc1ccc(Cl)cc1Br)NC1CCCCCCC1. The van der Waals surface area contributed by atoms with Crippen molar-refractivity contribution in [1.82, 2.24) is 5.32 Å². The predicted molar refractivity (Wildman–Crippen MR) is 99.9 cm³/mol. The molecule has 0 spiro atoms. The summed E-state index contributed by atoms with van der Waals surface area (Å²) in [4.78, 5) is 23.7. The van der Waals surface area contributed by atoms with Crippen LogP contribution in [-0.2, 0) is 14.3 Å². The Morgan fingerprint density at radius 2 is 1.80 bits per heavy atom. The first-order valence-electron chi connectivity index (χ1n) is 8.57. The first-order valence-corrected chi connectivity index (χ1v) is 9.74. The van der Waals surface area contributed by atoms with Crippen LogP contribution in [0.1, 0.15) is 44.9 Å². The quantitative estimate of drug-likeness (QED) is 0.682. The van der Waals surface area contributed by atoms with Gasteiger partial charge >= 0.3 is 5.97 Å². The molecule has 1 saturated carbocycles. The minimum absolute atomic E-state index is 0.188. The van der Waals surface area contributed by atoms with E-state index in [1.807, 2.05) is 0 Å². The van der Waals surface area contributed by atoms with E-state index < -0.39 is 5.97 Å². The van der Waals surface area contributed by atoms with E-state index in [1.165, 1.54) is 19.3 Å². The van der Waals surface area contributed by atoms with Gasteiger partial charge in [-0.05, 0) is 47.0 Å². The van der Waals surface area contributed by atoms with E-state index in [0.717, 1.165) is 25.7 Å². The summed E-state index contributed by atoms with van der Waals surface area (Å²) in [6, 6.07) is 5.17. The molecule has 2 rings (SSSR count). The van der Waals surface area contributed by atoms with E-state index in [4.69, 9.17) is 21.1 Å². The minimum atomic E-state index is -0.588. The first kappa shape index (κ1) is 20.0. The number of hydrogen-bond donors (Lipinski definition) is 1. The molecule has 0 heterocycles. The standard InChI is InChI=1S/C18H23BrClNO4/c19-15-10-13(20)8-9-16(15)24-12-18(23)25-11-17(22)21-14-6-4-2-1-3-5-7-14/h8-10,14H,1-7,11-12H2,(H,21,22). The maximum absolute atomic E-state index is 11.9. The van der Waals surface area contributed by atoms with Gasteiger partial charge in [-0.2, -0.15) is 0 Å². The maximum Gasteiger partial charge on any atom is 0.344 e. The lowest BCUT2D eigenvalue weighted by Crippen LogP contribution is -2.38. The van der Waals surface area contributed by atoms with Crippen LogP contribution in [0.2, 0.25) is 5.02 Å². The minimum Gasteiger partial charge on any atom is -0.481 e. The molecular weight excluding hydrogens is 410 g/mol. The number of amides is 1. The molecule has 1 aliphatic rings. The summed E-state index contributed by atoms with van der Waals surface area (Å²) in [5.41, 5.74) is 0. The van der Waals surface area contributed by atoms with Crippen molar-refractivity contribution in [3.8, 4) is 5.75 Å². The molecule has 1 aromatic carbocycles. The molecule has 0 radical (unpaired) electrons. The normalized spacial score (nSPS) is 15.8. The fourth-order valence-corrected chi connectivity index (χ4v) is 3.58. The molecule has 0 aromatic heterocycles. The van der Waals surface area contributed by atoms with Crippen LogP contribution >= 0.6 is 27.5 Å². The van der Waals surface area contributed by atoms with E-state index >= 15 is 0 Å². The number of ether oxygens (including phenoxy) is 2. The molecule has 1 N–H and O–H groups in total. The number of halogens is 2. The van der Waals surface area contributed by atoms with Gasteiger partial charge in [0.05, 0.1) is 4.47 Å². The molecule has 0 atom stereocenters. The number of carbonyl (C=O) groups is 2. The van der Waals surface area contributed by atoms with Gasteiger partial charge in [0.15, 0.2) is 13.2 Å². The molecule has 138 valence electrons. The van der Waals surface area contributed by atoms with Crippen LogP contribution in [0.25, 0.3) is 0 Å². The summed E-state index contributed by atoms with van der Waals surface area (Å²) in [7, 11) is 0. The molecule has 0 saturated heterocycles. The van der Waals surface area contributed by atoms with Gasteiger partial charge in [0.1, 0.15) is 5.75 Å². The molecule has 0 aliphatic heterocycles. The van der Waals surface area contributed by atoms with Crippen LogP contribution in [0.5, 0.6) is 5.75 Å². The lowest BCUT2D eigenvalue weighted by atomic mass is 9.97. The van der Waals surface area contributed by atoms with Crippen molar-refractivity contribution in [2.75, 3.05) is 13.2 Å². The number of nitrogens with one attached hydrogen (secondary N) is 1. The van der Waals surface area contributed by atoms with Crippen LogP contribution in [-0.4, -0.2) is 31.1 Å². The topological polar surface area (TPSA) is 64.6 Å². The van der Waals surface area contributed by atoms with Crippen LogP contribution in [0.4, 0.5) is 0 Å². The molecule has 1 fully saturated rings. The Hall–Kier alpha value is -1.27. The molecule has 0 unspecified atom stereocenters. The van der Waals surface area contributed by atoms with Crippen molar-refractivity contribution in [3.63, 3.8) is 0 Å². The average molecular weight is 433 g/mol. The molecule has 7 heteroatoms. The zero-order valence-electron chi connectivity index (χ0n) is 14.1. The van der Waals surface area contributed by atoms with Gasteiger partial charge in [0.2, 0.25) is 0 Å². The first-order chi connectivity index (χ1) is 12.0. The fourth-order valence-electron chi connectivity index (χ4n) is 2.79. The van der Waals surface area contributed by atoms with E-state index in [-0.39, 0.29) is 25.2 Å². The third-order valence-electron chi connectivity index (χ3n) is 4.07. The average Bonchev–Trinajstić information content (AvgIpc) is 2.54. The second kappa shape index (κ2) is 10.7. The molecule has 1 amide bonds. The van der Waals surface area contributed by atoms with E-state index in [0.29, 0.717) is 15.2 Å². The van der Waals surface area contributed by atoms with Crippen molar-refractivity contribution in [3.05, 3.63) is 27.7 Å². The second-order valence-electron chi connectivity index (χ2n) is 6.13. The number of hydrogen-bond acceptors (Lipinski definition) is 4. The van der Waals surface area contributed by atoms with E-state index in [2.05, 4.69) is 21.2 Å². The van der Waals surface area contributed by atoms with Crippen molar-refractivity contribution < 1.29 is 19.1 Å². The fraction of sp³-hybridized carbons (Fsp3) is 0.556. The Morgan fingerprint density at radius 3 is 2.48 bits per heavy atom. The number of benzene rings is 1. The van der Waals surface area contributed by atoms with Crippen molar-refractivity contribution >= 4 is 39.4 Å². The summed E-state index contributed by atoms with van der Waals surface area (Å²) < 4.78 is 11.0. The molecule has 1 aliphatic carbocycles. The van der Waals surface area contributed by atoms with Gasteiger partial charge < -0.3 is 14.8 Å². The maximum atomic E-state index is 11.9. The van der Waals surface area contributed by atoms with E-state index in [9.17, 15) is 9.59 Å². The molecule has 25 heavy (non-hydrogen) atoms. The third kappa shape index (κ3) is 7.65. The highest BCUT2D eigenvalue weighted by atomic mass is 79.9. The Balaban J connectivity index is 1.67. The Bertz CT molecular complexity index is 588. The highest BCUT2D eigenvalue weighted by molar-refractivity contribution is 9.10. The monoisotopic (exact) mass is 431 g/mol. The van der Waals surface area contributed by atoms with Gasteiger partial charge in [-0.15, -0.1) is 0 Å². The Kier molecular flexibility index (Phi) is 8.55. The largest absolute Gasteiger partial charge is 0.481 e. The Labute approximate surface area is 161 Å². The zero-order valence-corrected chi connectivity index (χ0v) is 16.4. The van der Waals surface area contributed by atoms with Crippen molar-refractivity contribution in [2.45, 2.75) is 51.0 Å². The van der Waals surface area contributed by atoms with Crippen LogP contribution in [0.15, 0.2) is 22.7 Å². The molecular formula is C18H23BrClNO4. The summed E-state index contributed by atoms with van der Waals surface area (Å²) in [5, 5.41) is 3.51. The summed E-state index contributed by atoms with van der Waals surface area (Å²) in [5.74, 6) is -0.360. The number of rotatable bonds is 6. The zero-order chi connectivity index (χ0) is 18.1. The number of esters is 1. The summed E-state index contributed by atoms with van der Waals surface area (Å²) >= 11 is 9.14. The van der Waals surface area contributed by atoms with Gasteiger partial charge in [0, 0.05) is 11.1 Å². The molecule has 1 aromatic rings. The number of carbonyl (C=O) groups excluding carboxylic acids is 2. The lowest BCUT2D eigenvalue weighted by Gasteiger charge is -2.20. The van der Waals surface area contributed by atoms with Gasteiger partial charge in [-0.25, -0.2) is 4.79 Å². The van der Waals surface area contributed by atoms with Crippen molar-refractivity contribution in [1.29, 1.82) is 0 Å². The molecule has 5 nitrogen and oxygen atoms in total. The van der Waals surface area contributed by atoms with E-state index in [1.54, 1.807) is 18.2 Å². The third-order valence-corrected chi connectivity index (χ3v) is 4.93. The lowest BCUT2D eigenvalue weighted by molar-refractivity contribution is -0.150. The highest BCUT2D eigenvalue weighted by Gasteiger charge is 2.15. The van der Waals surface area contributed by atoms with Gasteiger partial charge in [-0.1, -0.05) is 43.7 Å². The predicted octanol–water partition coefficient (Wildman–Crippen LogP) is 4.25.